The fourth-order valence-electron chi connectivity index (χ4n) is 4.06. The van der Waals surface area contributed by atoms with Crippen molar-refractivity contribution >= 4 is 16.8 Å². The zero-order chi connectivity index (χ0) is 19.5. The van der Waals surface area contributed by atoms with E-state index in [9.17, 15) is 9.18 Å². The number of carbonyl (C=O) groups excluding carboxylic acids is 1. The number of piperidine rings is 1. The van der Waals surface area contributed by atoms with Crippen LogP contribution in [0.5, 0.6) is 0 Å². The van der Waals surface area contributed by atoms with Gasteiger partial charge in [0, 0.05) is 36.6 Å². The van der Waals surface area contributed by atoms with Gasteiger partial charge in [-0.05, 0) is 50.0 Å². The van der Waals surface area contributed by atoms with Crippen molar-refractivity contribution in [2.75, 3.05) is 26.7 Å². The van der Waals surface area contributed by atoms with Crippen LogP contribution in [0.1, 0.15) is 28.9 Å². The number of para-hydroxylation sites is 1. The summed E-state index contributed by atoms with van der Waals surface area (Å²) in [6, 6.07) is 16.8. The largest absolute Gasteiger partial charge is 0.351 e. The maximum Gasteiger partial charge on any atom is 0.270 e. The van der Waals surface area contributed by atoms with Gasteiger partial charge in [-0.25, -0.2) is 4.39 Å². The predicted octanol–water partition coefficient (Wildman–Crippen LogP) is 4.29. The molecule has 0 bridgehead atoms. The molecule has 1 amide bonds. The molecule has 4 nitrogen and oxygen atoms in total. The summed E-state index contributed by atoms with van der Waals surface area (Å²) in [6.45, 7) is 3.28. The lowest BCUT2D eigenvalue weighted by atomic mass is 9.96. The molecule has 1 saturated heterocycles. The monoisotopic (exact) mass is 379 g/mol. The van der Waals surface area contributed by atoms with E-state index >= 15 is 0 Å². The zero-order valence-corrected chi connectivity index (χ0v) is 16.2. The molecule has 0 radical (unpaired) electrons. The van der Waals surface area contributed by atoms with Gasteiger partial charge in [-0.15, -0.1) is 0 Å². The van der Waals surface area contributed by atoms with Gasteiger partial charge in [-0.2, -0.15) is 0 Å². The maximum atomic E-state index is 13.8. The molecule has 0 spiro atoms. The lowest BCUT2D eigenvalue weighted by molar-refractivity contribution is 0.0732. The number of nitrogens with zero attached hydrogens (tertiary/aromatic N) is 2. The second-order valence-corrected chi connectivity index (χ2v) is 7.77. The minimum Gasteiger partial charge on any atom is -0.351 e. The van der Waals surface area contributed by atoms with Crippen molar-refractivity contribution < 1.29 is 9.18 Å². The van der Waals surface area contributed by atoms with E-state index in [4.69, 9.17) is 0 Å². The summed E-state index contributed by atoms with van der Waals surface area (Å²) < 4.78 is 13.8. The predicted molar refractivity (Wildman–Crippen MR) is 110 cm³/mol. The van der Waals surface area contributed by atoms with Crippen LogP contribution in [0.2, 0.25) is 0 Å². The van der Waals surface area contributed by atoms with Crippen molar-refractivity contribution in [1.82, 2.24) is 14.8 Å². The summed E-state index contributed by atoms with van der Waals surface area (Å²) in [5, 5.41) is 1.06. The number of hydrogen-bond acceptors (Lipinski definition) is 2. The third-order valence-corrected chi connectivity index (χ3v) is 5.70. The highest BCUT2D eigenvalue weighted by molar-refractivity contribution is 5.97. The van der Waals surface area contributed by atoms with Crippen molar-refractivity contribution in [3.05, 3.63) is 71.7 Å². The molecule has 0 unspecified atom stereocenters. The highest BCUT2D eigenvalue weighted by Crippen LogP contribution is 2.22. The van der Waals surface area contributed by atoms with E-state index in [-0.39, 0.29) is 11.7 Å². The number of benzene rings is 2. The van der Waals surface area contributed by atoms with Crippen molar-refractivity contribution in [3.8, 4) is 0 Å². The third kappa shape index (κ3) is 4.09. The number of H-pyrrole nitrogens is 1. The molecule has 0 aliphatic carbocycles. The number of nitrogens with one attached hydrogen (secondary N) is 1. The first-order valence-electron chi connectivity index (χ1n) is 9.89. The van der Waals surface area contributed by atoms with Gasteiger partial charge < -0.3 is 9.88 Å². The van der Waals surface area contributed by atoms with Crippen molar-refractivity contribution in [2.45, 2.75) is 19.4 Å². The van der Waals surface area contributed by atoms with Gasteiger partial charge in [0.1, 0.15) is 11.5 Å². The quantitative estimate of drug-likeness (QED) is 0.718. The highest BCUT2D eigenvalue weighted by atomic mass is 19.1. The van der Waals surface area contributed by atoms with Crippen LogP contribution >= 0.6 is 0 Å². The average Bonchev–Trinajstić information content (AvgIpc) is 3.15. The van der Waals surface area contributed by atoms with E-state index in [0.29, 0.717) is 18.2 Å². The Kier molecular flexibility index (Phi) is 5.44. The Hall–Kier alpha value is -2.66. The number of aromatic amines is 1. The fraction of sp³-hybridized carbons (Fsp3) is 0.348. The summed E-state index contributed by atoms with van der Waals surface area (Å²) in [5.41, 5.74) is 2.38. The molecule has 2 heterocycles. The molecule has 2 aromatic carbocycles. The van der Waals surface area contributed by atoms with E-state index in [1.165, 1.54) is 6.07 Å². The van der Waals surface area contributed by atoms with E-state index < -0.39 is 0 Å². The SMILES string of the molecule is CN(CC1CCN(Cc2ccccc2F)CC1)C(=O)c1cc2ccccc2[nH]1. The van der Waals surface area contributed by atoms with Gasteiger partial charge in [0.25, 0.3) is 5.91 Å². The normalized spacial score (nSPS) is 15.8. The molecular formula is C23H26FN3O. The summed E-state index contributed by atoms with van der Waals surface area (Å²) in [5.74, 6) is 0.383. The number of hydrogen-bond donors (Lipinski definition) is 1. The molecule has 1 N–H and O–H groups in total. The Balaban J connectivity index is 1.30. The first kappa shape index (κ1) is 18.7. The maximum absolute atomic E-state index is 13.8. The minimum absolute atomic E-state index is 0.0324. The van der Waals surface area contributed by atoms with Crippen LogP contribution in [0, 0.1) is 11.7 Å². The van der Waals surface area contributed by atoms with Crippen LogP contribution in [-0.4, -0.2) is 47.4 Å². The second kappa shape index (κ2) is 8.15. The lowest BCUT2D eigenvalue weighted by Crippen LogP contribution is -2.39. The summed E-state index contributed by atoms with van der Waals surface area (Å²) in [6.07, 6.45) is 2.05. The Morgan fingerprint density at radius 1 is 1.14 bits per heavy atom. The van der Waals surface area contributed by atoms with Crippen LogP contribution in [0.25, 0.3) is 10.9 Å². The van der Waals surface area contributed by atoms with E-state index in [1.807, 2.05) is 54.4 Å². The molecule has 1 fully saturated rings. The number of halogens is 1. The van der Waals surface area contributed by atoms with E-state index in [2.05, 4.69) is 9.88 Å². The third-order valence-electron chi connectivity index (χ3n) is 5.70. The average molecular weight is 379 g/mol. The van der Waals surface area contributed by atoms with Crippen LogP contribution in [0.3, 0.4) is 0 Å². The zero-order valence-electron chi connectivity index (χ0n) is 16.2. The van der Waals surface area contributed by atoms with Crippen molar-refractivity contribution in [2.24, 2.45) is 5.92 Å². The molecule has 1 aromatic heterocycles. The van der Waals surface area contributed by atoms with Gasteiger partial charge in [0.2, 0.25) is 0 Å². The molecule has 0 atom stereocenters. The number of likely N-dealkylation sites (tertiary alicyclic amines) is 1. The smallest absolute Gasteiger partial charge is 0.270 e. The number of carbonyl (C=O) groups is 1. The van der Waals surface area contributed by atoms with E-state index in [0.717, 1.165) is 48.9 Å². The van der Waals surface area contributed by atoms with Crippen LogP contribution in [0.15, 0.2) is 54.6 Å². The molecule has 1 aliphatic rings. The second-order valence-electron chi connectivity index (χ2n) is 7.77. The van der Waals surface area contributed by atoms with Crippen LogP contribution in [0.4, 0.5) is 4.39 Å². The van der Waals surface area contributed by atoms with Crippen LogP contribution in [-0.2, 0) is 6.54 Å². The molecule has 28 heavy (non-hydrogen) atoms. The first-order chi connectivity index (χ1) is 13.6. The molecular weight excluding hydrogens is 353 g/mol. The topological polar surface area (TPSA) is 39.3 Å². The standard InChI is InChI=1S/C23H26FN3O/c1-26(23(28)22-14-18-6-3-5-9-21(18)25-22)15-17-10-12-27(13-11-17)16-19-7-2-4-8-20(19)24/h2-9,14,17,25H,10-13,15-16H2,1H3. The number of rotatable bonds is 5. The molecule has 146 valence electrons. The summed E-state index contributed by atoms with van der Waals surface area (Å²) >= 11 is 0. The van der Waals surface area contributed by atoms with Crippen LogP contribution < -0.4 is 0 Å². The number of aromatic nitrogens is 1. The van der Waals surface area contributed by atoms with Gasteiger partial charge >= 0.3 is 0 Å². The number of fused-ring (bicyclic) bond motifs is 1. The minimum atomic E-state index is -0.131. The summed E-state index contributed by atoms with van der Waals surface area (Å²) in [7, 11) is 1.87. The number of amides is 1. The molecule has 3 aromatic rings. The Labute approximate surface area is 165 Å². The van der Waals surface area contributed by atoms with Gasteiger partial charge in [-0.1, -0.05) is 36.4 Å². The van der Waals surface area contributed by atoms with Gasteiger partial charge in [-0.3, -0.25) is 9.69 Å². The van der Waals surface area contributed by atoms with Gasteiger partial charge in [0.05, 0.1) is 0 Å². The summed E-state index contributed by atoms with van der Waals surface area (Å²) in [4.78, 5) is 20.1. The Bertz CT molecular complexity index is 926. The molecule has 5 heteroatoms. The van der Waals surface area contributed by atoms with Gasteiger partial charge in [0.15, 0.2) is 0 Å². The Morgan fingerprint density at radius 2 is 1.86 bits per heavy atom. The first-order valence-corrected chi connectivity index (χ1v) is 9.89. The molecule has 1 aliphatic heterocycles. The molecule has 0 saturated carbocycles. The van der Waals surface area contributed by atoms with Crippen molar-refractivity contribution in [3.63, 3.8) is 0 Å². The Morgan fingerprint density at radius 3 is 2.61 bits per heavy atom. The van der Waals surface area contributed by atoms with Crippen molar-refractivity contribution in [1.29, 1.82) is 0 Å². The highest BCUT2D eigenvalue weighted by Gasteiger charge is 2.23. The molecule has 4 rings (SSSR count). The lowest BCUT2D eigenvalue weighted by Gasteiger charge is -2.33. The fourth-order valence-corrected chi connectivity index (χ4v) is 4.06. The van der Waals surface area contributed by atoms with E-state index in [1.54, 1.807) is 6.07 Å².